The van der Waals surface area contributed by atoms with Crippen molar-refractivity contribution < 1.29 is 0 Å². The van der Waals surface area contributed by atoms with E-state index in [1.165, 1.54) is 16.8 Å². The Kier molecular flexibility index (Phi) is 1.25. The molecule has 0 fully saturated rings. The van der Waals surface area contributed by atoms with Gasteiger partial charge in [-0.25, -0.2) is 0 Å². The van der Waals surface area contributed by atoms with Crippen LogP contribution >= 0.6 is 0 Å². The maximum atomic E-state index is 2.20. The Morgan fingerprint density at radius 3 is 2.55 bits per heavy atom. The van der Waals surface area contributed by atoms with Crippen molar-refractivity contribution in [3.05, 3.63) is 41.7 Å². The molecule has 0 amide bonds. The van der Waals surface area contributed by atoms with E-state index in [-0.39, 0.29) is 0 Å². The van der Waals surface area contributed by atoms with Gasteiger partial charge in [-0.2, -0.15) is 0 Å². The maximum Gasteiger partial charge on any atom is 0.0452 e. The summed E-state index contributed by atoms with van der Waals surface area (Å²) in [6.45, 7) is 4.23. The molecule has 0 unspecified atom stereocenters. The normalized spacial score (nSPS) is 10.7. The lowest BCUT2D eigenvalue weighted by Crippen LogP contribution is -1.86. The molecule has 0 aliphatic rings. The first-order chi connectivity index (χ1) is 5.27. The summed E-state index contributed by atoms with van der Waals surface area (Å²) in [5.74, 6) is 0. The Bertz CT molecular complexity index is 385. The monoisotopic (exact) mass is 145 g/mol. The summed E-state index contributed by atoms with van der Waals surface area (Å²) in [5.41, 5.74) is 3.87. The van der Waals surface area contributed by atoms with Crippen molar-refractivity contribution in [1.82, 2.24) is 4.40 Å². The van der Waals surface area contributed by atoms with Gasteiger partial charge in [-0.05, 0) is 37.6 Å². The average Bonchev–Trinajstić information content (AvgIpc) is 2.33. The van der Waals surface area contributed by atoms with E-state index < -0.39 is 0 Å². The van der Waals surface area contributed by atoms with Gasteiger partial charge in [0.1, 0.15) is 0 Å². The van der Waals surface area contributed by atoms with Crippen LogP contribution in [0.5, 0.6) is 0 Å². The highest BCUT2D eigenvalue weighted by molar-refractivity contribution is 5.50. The van der Waals surface area contributed by atoms with Crippen LogP contribution in [0.25, 0.3) is 5.52 Å². The fraction of sp³-hybridized carbons (Fsp3) is 0.200. The van der Waals surface area contributed by atoms with Gasteiger partial charge in [0.05, 0.1) is 0 Å². The molecule has 2 heterocycles. The lowest BCUT2D eigenvalue weighted by molar-refractivity contribution is 1.09. The van der Waals surface area contributed by atoms with Crippen molar-refractivity contribution in [3.8, 4) is 0 Å². The van der Waals surface area contributed by atoms with Gasteiger partial charge in [0.25, 0.3) is 0 Å². The van der Waals surface area contributed by atoms with Crippen molar-refractivity contribution in [2.75, 3.05) is 0 Å². The molecule has 0 saturated carbocycles. The van der Waals surface area contributed by atoms with Crippen molar-refractivity contribution in [2.24, 2.45) is 0 Å². The summed E-state index contributed by atoms with van der Waals surface area (Å²) in [6, 6.07) is 8.54. The van der Waals surface area contributed by atoms with Gasteiger partial charge in [-0.3, -0.25) is 0 Å². The van der Waals surface area contributed by atoms with Crippen LogP contribution in [0.4, 0.5) is 0 Å². The van der Waals surface area contributed by atoms with E-state index in [1.54, 1.807) is 0 Å². The van der Waals surface area contributed by atoms with Crippen molar-refractivity contribution >= 4 is 5.52 Å². The SMILES string of the molecule is Cc1ccc2ccc(C)n2c1. The fourth-order valence-electron chi connectivity index (χ4n) is 1.35. The summed E-state index contributed by atoms with van der Waals surface area (Å²) in [4.78, 5) is 0. The van der Waals surface area contributed by atoms with Crippen LogP contribution in [0.2, 0.25) is 0 Å². The third-order valence-electron chi connectivity index (χ3n) is 2.00. The Morgan fingerprint density at radius 2 is 1.73 bits per heavy atom. The van der Waals surface area contributed by atoms with Gasteiger partial charge in [0.15, 0.2) is 0 Å². The molecular weight excluding hydrogens is 134 g/mol. The Morgan fingerprint density at radius 1 is 1.00 bits per heavy atom. The lowest BCUT2D eigenvalue weighted by atomic mass is 10.3. The third kappa shape index (κ3) is 0.929. The first-order valence-corrected chi connectivity index (χ1v) is 3.82. The number of aromatic nitrogens is 1. The Balaban J connectivity index is 2.87. The van der Waals surface area contributed by atoms with E-state index >= 15 is 0 Å². The van der Waals surface area contributed by atoms with Crippen LogP contribution in [-0.4, -0.2) is 4.40 Å². The zero-order valence-electron chi connectivity index (χ0n) is 6.83. The summed E-state index contributed by atoms with van der Waals surface area (Å²) in [6.07, 6.45) is 2.16. The van der Waals surface area contributed by atoms with Crippen LogP contribution < -0.4 is 0 Å². The minimum atomic E-state index is 1.27. The first-order valence-electron chi connectivity index (χ1n) is 3.82. The highest BCUT2D eigenvalue weighted by Crippen LogP contribution is 2.10. The fourth-order valence-corrected chi connectivity index (χ4v) is 1.35. The molecule has 0 spiro atoms. The highest BCUT2D eigenvalue weighted by atomic mass is 14.9. The standard InChI is InChI=1S/C10H11N/c1-8-3-5-10-6-4-9(2)11(10)7-8/h3-7H,1-2H3. The zero-order chi connectivity index (χ0) is 7.84. The lowest BCUT2D eigenvalue weighted by Gasteiger charge is -1.98. The molecule has 0 aliphatic heterocycles. The van der Waals surface area contributed by atoms with Crippen LogP contribution in [0, 0.1) is 13.8 Å². The van der Waals surface area contributed by atoms with E-state index in [4.69, 9.17) is 0 Å². The molecular formula is C10H11N. The second-order valence-corrected chi connectivity index (χ2v) is 2.98. The van der Waals surface area contributed by atoms with Gasteiger partial charge >= 0.3 is 0 Å². The predicted octanol–water partition coefficient (Wildman–Crippen LogP) is 2.56. The smallest absolute Gasteiger partial charge is 0.0452 e. The second-order valence-electron chi connectivity index (χ2n) is 2.98. The minimum Gasteiger partial charge on any atom is -0.321 e. The number of rotatable bonds is 0. The summed E-state index contributed by atoms with van der Waals surface area (Å²) < 4.78 is 2.20. The van der Waals surface area contributed by atoms with Gasteiger partial charge in [0.2, 0.25) is 0 Å². The first kappa shape index (κ1) is 6.47. The van der Waals surface area contributed by atoms with E-state index in [9.17, 15) is 0 Å². The van der Waals surface area contributed by atoms with E-state index in [2.05, 4.69) is 48.7 Å². The Hall–Kier alpha value is -1.24. The molecule has 0 saturated heterocycles. The molecule has 0 aromatic carbocycles. The molecule has 2 aromatic heterocycles. The average molecular weight is 145 g/mol. The molecule has 0 bridgehead atoms. The quantitative estimate of drug-likeness (QED) is 0.536. The van der Waals surface area contributed by atoms with Gasteiger partial charge in [0, 0.05) is 17.4 Å². The molecule has 2 rings (SSSR count). The summed E-state index contributed by atoms with van der Waals surface area (Å²) in [5, 5.41) is 0. The topological polar surface area (TPSA) is 4.41 Å². The largest absolute Gasteiger partial charge is 0.321 e. The number of nitrogens with zero attached hydrogens (tertiary/aromatic N) is 1. The van der Waals surface area contributed by atoms with Crippen molar-refractivity contribution in [1.29, 1.82) is 0 Å². The highest BCUT2D eigenvalue weighted by Gasteiger charge is 1.94. The van der Waals surface area contributed by atoms with Crippen molar-refractivity contribution in [2.45, 2.75) is 13.8 Å². The molecule has 2 aromatic rings. The molecule has 1 heteroatoms. The summed E-state index contributed by atoms with van der Waals surface area (Å²) >= 11 is 0. The van der Waals surface area contributed by atoms with Crippen LogP contribution in [0.1, 0.15) is 11.3 Å². The zero-order valence-corrected chi connectivity index (χ0v) is 6.83. The molecule has 11 heavy (non-hydrogen) atoms. The van der Waals surface area contributed by atoms with E-state index in [1.807, 2.05) is 0 Å². The van der Waals surface area contributed by atoms with Gasteiger partial charge < -0.3 is 4.40 Å². The number of hydrogen-bond donors (Lipinski definition) is 0. The number of fused-ring (bicyclic) bond motifs is 1. The van der Waals surface area contributed by atoms with E-state index in [0.717, 1.165) is 0 Å². The van der Waals surface area contributed by atoms with Crippen LogP contribution in [0.15, 0.2) is 30.5 Å². The molecule has 56 valence electrons. The molecule has 0 N–H and O–H groups in total. The predicted molar refractivity (Wildman–Crippen MR) is 46.9 cm³/mol. The minimum absolute atomic E-state index is 1.27. The number of aryl methyl sites for hydroxylation is 2. The second kappa shape index (κ2) is 2.12. The maximum absolute atomic E-state index is 2.20. The molecule has 0 radical (unpaired) electrons. The van der Waals surface area contributed by atoms with Crippen molar-refractivity contribution in [3.63, 3.8) is 0 Å². The molecule has 0 aliphatic carbocycles. The van der Waals surface area contributed by atoms with Crippen LogP contribution in [0.3, 0.4) is 0 Å². The van der Waals surface area contributed by atoms with E-state index in [0.29, 0.717) is 0 Å². The third-order valence-corrected chi connectivity index (χ3v) is 2.00. The molecule has 0 atom stereocenters. The van der Waals surface area contributed by atoms with Crippen LogP contribution in [-0.2, 0) is 0 Å². The number of hydrogen-bond acceptors (Lipinski definition) is 0. The summed E-state index contributed by atoms with van der Waals surface area (Å²) in [7, 11) is 0. The van der Waals surface area contributed by atoms with Gasteiger partial charge in [-0.1, -0.05) is 6.07 Å². The number of pyridine rings is 1. The molecule has 1 nitrogen and oxygen atoms in total. The Labute approximate surface area is 66.3 Å². The van der Waals surface area contributed by atoms with Gasteiger partial charge in [-0.15, -0.1) is 0 Å².